The van der Waals surface area contributed by atoms with Crippen LogP contribution in [-0.2, 0) is 0 Å². The lowest BCUT2D eigenvalue weighted by Gasteiger charge is -2.07. The molecule has 1 aliphatic rings. The van der Waals surface area contributed by atoms with Crippen molar-refractivity contribution in [2.45, 2.75) is 26.3 Å². The Morgan fingerprint density at radius 1 is 1.44 bits per heavy atom. The Kier molecular flexibility index (Phi) is 4.22. The fraction of sp³-hybridized carbons (Fsp3) is 0.462. The molecule has 0 amide bonds. The van der Waals surface area contributed by atoms with Crippen molar-refractivity contribution >= 4 is 22.6 Å². The van der Waals surface area contributed by atoms with E-state index in [1.165, 1.54) is 12.1 Å². The molecule has 1 aromatic carbocycles. The molecule has 98 valence electrons. The zero-order valence-corrected chi connectivity index (χ0v) is 11.2. The second kappa shape index (κ2) is 5.69. The van der Waals surface area contributed by atoms with Crippen molar-refractivity contribution in [3.63, 3.8) is 0 Å². The Hall–Kier alpha value is -1.10. The minimum atomic E-state index is -0.854. The van der Waals surface area contributed by atoms with E-state index in [9.17, 15) is 8.78 Å². The molecule has 1 aliphatic heterocycles. The molecular weight excluding hydrogens is 254 g/mol. The van der Waals surface area contributed by atoms with Gasteiger partial charge >= 0.3 is 0 Å². The highest BCUT2D eigenvalue weighted by Gasteiger charge is 2.20. The van der Waals surface area contributed by atoms with Gasteiger partial charge in [-0.15, -0.1) is 0 Å². The molecule has 5 heteroatoms. The van der Waals surface area contributed by atoms with Crippen LogP contribution in [0.25, 0.3) is 0 Å². The van der Waals surface area contributed by atoms with Crippen molar-refractivity contribution in [3.05, 3.63) is 29.8 Å². The SMILES string of the molecule is CC(C)CC1CSC(Nc2cccc(F)c2F)=N1. The van der Waals surface area contributed by atoms with Gasteiger partial charge in [0.1, 0.15) is 0 Å². The smallest absolute Gasteiger partial charge is 0.182 e. The number of anilines is 1. The molecule has 0 bridgehead atoms. The Morgan fingerprint density at radius 2 is 2.22 bits per heavy atom. The maximum atomic E-state index is 13.5. The molecule has 1 unspecified atom stereocenters. The van der Waals surface area contributed by atoms with Gasteiger partial charge in [-0.3, -0.25) is 4.99 Å². The first-order valence-corrected chi connectivity index (χ1v) is 6.96. The van der Waals surface area contributed by atoms with E-state index >= 15 is 0 Å². The van der Waals surface area contributed by atoms with E-state index in [2.05, 4.69) is 24.2 Å². The highest BCUT2D eigenvalue weighted by atomic mass is 32.2. The molecule has 1 atom stereocenters. The third-order valence-electron chi connectivity index (χ3n) is 2.65. The van der Waals surface area contributed by atoms with Gasteiger partial charge in [0.2, 0.25) is 0 Å². The number of halogens is 2. The number of nitrogens with zero attached hydrogens (tertiary/aromatic N) is 1. The maximum Gasteiger partial charge on any atom is 0.182 e. The average molecular weight is 270 g/mol. The zero-order chi connectivity index (χ0) is 13.1. The highest BCUT2D eigenvalue weighted by molar-refractivity contribution is 8.14. The predicted molar refractivity (Wildman–Crippen MR) is 73.1 cm³/mol. The van der Waals surface area contributed by atoms with Crippen LogP contribution in [0.3, 0.4) is 0 Å². The van der Waals surface area contributed by atoms with Gasteiger partial charge in [0.15, 0.2) is 16.8 Å². The normalized spacial score (nSPS) is 19.2. The lowest BCUT2D eigenvalue weighted by Crippen LogP contribution is -2.09. The van der Waals surface area contributed by atoms with Crippen molar-refractivity contribution in [1.29, 1.82) is 0 Å². The molecule has 1 heterocycles. The van der Waals surface area contributed by atoms with E-state index in [1.54, 1.807) is 11.8 Å². The lowest BCUT2D eigenvalue weighted by atomic mass is 10.1. The topological polar surface area (TPSA) is 24.4 Å². The van der Waals surface area contributed by atoms with E-state index in [0.29, 0.717) is 11.1 Å². The number of hydrogen-bond acceptors (Lipinski definition) is 3. The second-order valence-corrected chi connectivity index (χ2v) is 5.76. The summed E-state index contributed by atoms with van der Waals surface area (Å²) in [5, 5.41) is 3.52. The summed E-state index contributed by atoms with van der Waals surface area (Å²) < 4.78 is 26.5. The van der Waals surface area contributed by atoms with E-state index in [-0.39, 0.29) is 11.7 Å². The molecule has 1 N–H and O–H groups in total. The van der Waals surface area contributed by atoms with Crippen LogP contribution < -0.4 is 5.32 Å². The van der Waals surface area contributed by atoms with E-state index < -0.39 is 11.6 Å². The van der Waals surface area contributed by atoms with Gasteiger partial charge < -0.3 is 5.32 Å². The van der Waals surface area contributed by atoms with Crippen molar-refractivity contribution in [2.24, 2.45) is 10.9 Å². The van der Waals surface area contributed by atoms with Crippen LogP contribution in [0.4, 0.5) is 14.5 Å². The lowest BCUT2D eigenvalue weighted by molar-refractivity contribution is 0.512. The molecular formula is C13H16F2N2S. The summed E-state index contributed by atoms with van der Waals surface area (Å²) in [6, 6.07) is 4.37. The average Bonchev–Trinajstić information content (AvgIpc) is 2.71. The van der Waals surface area contributed by atoms with Crippen LogP contribution in [-0.4, -0.2) is 17.0 Å². The summed E-state index contributed by atoms with van der Waals surface area (Å²) in [6.45, 7) is 4.30. The Labute approximate surface area is 110 Å². The summed E-state index contributed by atoms with van der Waals surface area (Å²) >= 11 is 1.55. The summed E-state index contributed by atoms with van der Waals surface area (Å²) in [5.41, 5.74) is 0.145. The van der Waals surface area contributed by atoms with Gasteiger partial charge in [0.05, 0.1) is 11.7 Å². The second-order valence-electron chi connectivity index (χ2n) is 4.76. The monoisotopic (exact) mass is 270 g/mol. The van der Waals surface area contributed by atoms with Gasteiger partial charge in [-0.05, 0) is 24.5 Å². The number of rotatable bonds is 3. The Morgan fingerprint density at radius 3 is 2.94 bits per heavy atom. The molecule has 2 rings (SSSR count). The summed E-state index contributed by atoms with van der Waals surface area (Å²) in [4.78, 5) is 4.47. The number of hydrogen-bond donors (Lipinski definition) is 1. The molecule has 0 fully saturated rings. The Balaban J connectivity index is 2.04. The highest BCUT2D eigenvalue weighted by Crippen LogP contribution is 2.25. The van der Waals surface area contributed by atoms with Crippen LogP contribution in [0.2, 0.25) is 0 Å². The van der Waals surface area contributed by atoms with Crippen LogP contribution in [0.1, 0.15) is 20.3 Å². The number of aliphatic imine (C=N–C) groups is 1. The molecule has 0 aromatic heterocycles. The molecule has 0 saturated carbocycles. The third-order valence-corrected chi connectivity index (χ3v) is 3.68. The molecule has 18 heavy (non-hydrogen) atoms. The van der Waals surface area contributed by atoms with Gasteiger partial charge in [-0.1, -0.05) is 31.7 Å². The number of amidine groups is 1. The minimum Gasteiger partial charge on any atom is -0.332 e. The summed E-state index contributed by atoms with van der Waals surface area (Å²) in [5.74, 6) is -0.211. The maximum absolute atomic E-state index is 13.5. The Bertz CT molecular complexity index is 460. The van der Waals surface area contributed by atoms with Crippen molar-refractivity contribution in [2.75, 3.05) is 11.1 Å². The number of nitrogens with one attached hydrogen (secondary N) is 1. The number of benzene rings is 1. The zero-order valence-electron chi connectivity index (χ0n) is 10.4. The van der Waals surface area contributed by atoms with E-state index in [4.69, 9.17) is 0 Å². The van der Waals surface area contributed by atoms with Gasteiger partial charge in [-0.25, -0.2) is 8.78 Å². The summed E-state index contributed by atoms with van der Waals surface area (Å²) in [6.07, 6.45) is 1.02. The fourth-order valence-electron chi connectivity index (χ4n) is 1.86. The first-order valence-electron chi connectivity index (χ1n) is 5.98. The molecule has 0 spiro atoms. The van der Waals surface area contributed by atoms with E-state index in [1.807, 2.05) is 0 Å². The fourth-order valence-corrected chi connectivity index (χ4v) is 2.83. The molecule has 0 aliphatic carbocycles. The molecule has 2 nitrogen and oxygen atoms in total. The van der Waals surface area contributed by atoms with Crippen molar-refractivity contribution in [3.8, 4) is 0 Å². The first kappa shape index (κ1) is 13.3. The molecule has 0 saturated heterocycles. The molecule has 0 radical (unpaired) electrons. The van der Waals surface area contributed by atoms with Crippen LogP contribution in [0, 0.1) is 17.6 Å². The van der Waals surface area contributed by atoms with Crippen LogP contribution >= 0.6 is 11.8 Å². The van der Waals surface area contributed by atoms with Crippen molar-refractivity contribution in [1.82, 2.24) is 0 Å². The third kappa shape index (κ3) is 3.22. The number of thioether (sulfide) groups is 1. The van der Waals surface area contributed by atoms with Crippen molar-refractivity contribution < 1.29 is 8.78 Å². The summed E-state index contributed by atoms with van der Waals surface area (Å²) in [7, 11) is 0. The quantitative estimate of drug-likeness (QED) is 0.901. The van der Waals surface area contributed by atoms with Crippen LogP contribution in [0.15, 0.2) is 23.2 Å². The predicted octanol–water partition coefficient (Wildman–Crippen LogP) is 3.89. The van der Waals surface area contributed by atoms with Gasteiger partial charge in [-0.2, -0.15) is 0 Å². The van der Waals surface area contributed by atoms with E-state index in [0.717, 1.165) is 18.2 Å². The standard InChI is InChI=1S/C13H16F2N2S/c1-8(2)6-9-7-18-13(16-9)17-11-5-3-4-10(14)12(11)15/h3-5,8-9H,6-7H2,1-2H3,(H,16,17). The van der Waals surface area contributed by atoms with Gasteiger partial charge in [0.25, 0.3) is 0 Å². The van der Waals surface area contributed by atoms with Crippen LogP contribution in [0.5, 0.6) is 0 Å². The molecule has 1 aromatic rings. The minimum absolute atomic E-state index is 0.145. The van der Waals surface area contributed by atoms with Gasteiger partial charge in [0, 0.05) is 5.75 Å². The largest absolute Gasteiger partial charge is 0.332 e. The first-order chi connectivity index (χ1) is 8.56.